The number of carbonyl (C=O) groups excluding carboxylic acids is 3. The molecular weight excluding hydrogens is 450 g/mol. The van der Waals surface area contributed by atoms with Gasteiger partial charge in [0.25, 0.3) is 0 Å². The van der Waals surface area contributed by atoms with Gasteiger partial charge in [-0.2, -0.15) is 0 Å². The summed E-state index contributed by atoms with van der Waals surface area (Å²) in [5.74, 6) is -0.498. The molecule has 2 aliphatic rings. The van der Waals surface area contributed by atoms with Crippen LogP contribution >= 0.6 is 0 Å². The third-order valence-corrected chi connectivity index (χ3v) is 7.27. The largest absolute Gasteiger partial charge is 0.329 e. The zero-order valence-corrected chi connectivity index (χ0v) is 20.5. The summed E-state index contributed by atoms with van der Waals surface area (Å²) in [6.07, 6.45) is 2.42. The molecule has 3 aromatic carbocycles. The zero-order valence-electron chi connectivity index (χ0n) is 20.5. The van der Waals surface area contributed by atoms with Crippen molar-refractivity contribution in [3.8, 4) is 0 Å². The molecule has 0 spiro atoms. The molecule has 36 heavy (non-hydrogen) atoms. The van der Waals surface area contributed by atoms with Gasteiger partial charge < -0.3 is 14.7 Å². The fourth-order valence-electron chi connectivity index (χ4n) is 5.50. The summed E-state index contributed by atoms with van der Waals surface area (Å²) in [5.41, 5.74) is 3.50. The Morgan fingerprint density at radius 2 is 1.44 bits per heavy atom. The minimum Gasteiger partial charge on any atom is -0.329 e. The van der Waals surface area contributed by atoms with E-state index in [2.05, 4.69) is 0 Å². The smallest absolute Gasteiger partial charge is 0.246 e. The molecule has 0 bridgehead atoms. The molecule has 0 radical (unpaired) electrons. The molecule has 3 aromatic rings. The number of para-hydroxylation sites is 2. The van der Waals surface area contributed by atoms with Gasteiger partial charge in [0.05, 0.1) is 23.8 Å². The lowest BCUT2D eigenvalue weighted by molar-refractivity contribution is -0.134. The lowest BCUT2D eigenvalue weighted by atomic mass is 10.0. The lowest BCUT2D eigenvalue weighted by Crippen LogP contribution is -2.49. The number of anilines is 2. The van der Waals surface area contributed by atoms with E-state index in [0.717, 1.165) is 41.8 Å². The molecule has 1 saturated carbocycles. The Hall–Kier alpha value is -3.93. The summed E-state index contributed by atoms with van der Waals surface area (Å²) in [6, 6.07) is 27.1. The van der Waals surface area contributed by atoms with Crippen LogP contribution in [0.15, 0.2) is 84.9 Å². The van der Waals surface area contributed by atoms with Gasteiger partial charge in [-0.3, -0.25) is 14.4 Å². The van der Waals surface area contributed by atoms with E-state index >= 15 is 0 Å². The van der Waals surface area contributed by atoms with Crippen LogP contribution < -0.4 is 9.80 Å². The molecule has 3 amide bonds. The van der Waals surface area contributed by atoms with E-state index in [0.29, 0.717) is 13.1 Å². The molecule has 0 unspecified atom stereocenters. The molecule has 0 saturated heterocycles. The van der Waals surface area contributed by atoms with Crippen LogP contribution in [-0.2, 0) is 27.5 Å². The van der Waals surface area contributed by atoms with Gasteiger partial charge in [-0.1, -0.05) is 79.2 Å². The van der Waals surface area contributed by atoms with Crippen LogP contribution in [0.1, 0.15) is 37.3 Å². The highest BCUT2D eigenvalue weighted by molar-refractivity contribution is 6.07. The minimum absolute atomic E-state index is 0.0331. The molecular formula is C30H31N3O3. The second-order valence-electron chi connectivity index (χ2n) is 9.63. The fraction of sp³-hybridized carbons (Fsp3) is 0.300. The van der Waals surface area contributed by atoms with Crippen molar-refractivity contribution in [3.63, 3.8) is 0 Å². The van der Waals surface area contributed by atoms with Gasteiger partial charge in [0.1, 0.15) is 6.54 Å². The van der Waals surface area contributed by atoms with Gasteiger partial charge in [-0.25, -0.2) is 0 Å². The summed E-state index contributed by atoms with van der Waals surface area (Å²) < 4.78 is 0. The van der Waals surface area contributed by atoms with E-state index in [9.17, 15) is 14.4 Å². The van der Waals surface area contributed by atoms with E-state index in [1.807, 2.05) is 94.7 Å². The molecule has 5 rings (SSSR count). The normalized spacial score (nSPS) is 18.9. The van der Waals surface area contributed by atoms with Crippen molar-refractivity contribution in [2.75, 3.05) is 16.3 Å². The van der Waals surface area contributed by atoms with E-state index < -0.39 is 0 Å². The Morgan fingerprint density at radius 1 is 0.833 bits per heavy atom. The molecule has 1 aliphatic carbocycles. The quantitative estimate of drug-likeness (QED) is 0.509. The number of carbonyl (C=O) groups is 3. The summed E-state index contributed by atoms with van der Waals surface area (Å²) >= 11 is 0. The molecule has 0 N–H and O–H groups in total. The average molecular weight is 482 g/mol. The molecule has 184 valence electrons. The first-order chi connectivity index (χ1) is 17.5. The topological polar surface area (TPSA) is 60.9 Å². The van der Waals surface area contributed by atoms with Crippen molar-refractivity contribution in [1.82, 2.24) is 4.90 Å². The van der Waals surface area contributed by atoms with Crippen LogP contribution in [0, 0.1) is 5.92 Å². The standard InChI is InChI=1S/C30H31N3O3/c1-22(34)31(19-23-11-4-2-5-12-23)21-29(35)33-26-18-10-15-25(26)30(36)32(20-24-13-6-3-7-14-24)27-16-8-9-17-28(27)33/h2-9,11-14,16-17,25-26H,10,15,18-21H2,1H3/t25-,26+/m0/s1. The van der Waals surface area contributed by atoms with Crippen LogP contribution in [0.5, 0.6) is 0 Å². The van der Waals surface area contributed by atoms with Crippen molar-refractivity contribution in [3.05, 3.63) is 96.1 Å². The van der Waals surface area contributed by atoms with E-state index in [1.165, 1.54) is 6.92 Å². The maximum atomic E-state index is 13.9. The van der Waals surface area contributed by atoms with E-state index in [1.54, 1.807) is 4.90 Å². The van der Waals surface area contributed by atoms with Crippen molar-refractivity contribution in [1.29, 1.82) is 0 Å². The first kappa shape index (κ1) is 23.8. The van der Waals surface area contributed by atoms with E-state index in [4.69, 9.17) is 0 Å². The molecule has 2 atom stereocenters. The Kier molecular flexibility index (Phi) is 6.85. The van der Waals surface area contributed by atoms with Crippen LogP contribution in [0.3, 0.4) is 0 Å². The van der Waals surface area contributed by atoms with Crippen molar-refractivity contribution in [2.24, 2.45) is 5.92 Å². The maximum Gasteiger partial charge on any atom is 0.246 e. The molecule has 6 nitrogen and oxygen atoms in total. The third kappa shape index (κ3) is 4.76. The van der Waals surface area contributed by atoms with Gasteiger partial charge in [0.2, 0.25) is 17.7 Å². The zero-order chi connectivity index (χ0) is 25.1. The highest BCUT2D eigenvalue weighted by atomic mass is 16.2. The Labute approximate surface area is 212 Å². The first-order valence-electron chi connectivity index (χ1n) is 12.6. The Balaban J connectivity index is 1.49. The second kappa shape index (κ2) is 10.4. The van der Waals surface area contributed by atoms with Gasteiger partial charge in [-0.15, -0.1) is 0 Å². The van der Waals surface area contributed by atoms with Crippen LogP contribution in [-0.4, -0.2) is 35.2 Å². The predicted molar refractivity (Wildman–Crippen MR) is 140 cm³/mol. The first-order valence-corrected chi connectivity index (χ1v) is 12.6. The van der Waals surface area contributed by atoms with Crippen molar-refractivity contribution >= 4 is 29.1 Å². The average Bonchev–Trinajstić information content (AvgIpc) is 3.34. The molecule has 0 aromatic heterocycles. The molecule has 1 fully saturated rings. The predicted octanol–water partition coefficient (Wildman–Crippen LogP) is 4.78. The van der Waals surface area contributed by atoms with E-state index in [-0.39, 0.29) is 36.2 Å². The monoisotopic (exact) mass is 481 g/mol. The Morgan fingerprint density at radius 3 is 2.11 bits per heavy atom. The highest BCUT2D eigenvalue weighted by Crippen LogP contribution is 2.43. The number of benzene rings is 3. The molecule has 1 aliphatic heterocycles. The van der Waals surface area contributed by atoms with Crippen molar-refractivity contribution < 1.29 is 14.4 Å². The van der Waals surface area contributed by atoms with Crippen molar-refractivity contribution in [2.45, 2.75) is 45.3 Å². The van der Waals surface area contributed by atoms with Gasteiger partial charge >= 0.3 is 0 Å². The second-order valence-corrected chi connectivity index (χ2v) is 9.63. The number of nitrogens with zero attached hydrogens (tertiary/aromatic N) is 3. The third-order valence-electron chi connectivity index (χ3n) is 7.27. The van der Waals surface area contributed by atoms with Crippen LogP contribution in [0.25, 0.3) is 0 Å². The van der Waals surface area contributed by atoms with Crippen LogP contribution in [0.2, 0.25) is 0 Å². The SMILES string of the molecule is CC(=O)N(CC(=O)N1c2ccccc2N(Cc2ccccc2)C(=O)[C@H]2CCC[C@H]21)Cc1ccccc1. The number of hydrogen-bond acceptors (Lipinski definition) is 3. The maximum absolute atomic E-state index is 13.9. The number of amides is 3. The van der Waals surface area contributed by atoms with Gasteiger partial charge in [0.15, 0.2) is 0 Å². The molecule has 1 heterocycles. The number of fused-ring (bicyclic) bond motifs is 2. The minimum atomic E-state index is -0.259. The van der Waals surface area contributed by atoms with Crippen LogP contribution in [0.4, 0.5) is 11.4 Å². The van der Waals surface area contributed by atoms with Gasteiger partial charge in [-0.05, 0) is 36.1 Å². The summed E-state index contributed by atoms with van der Waals surface area (Å²) in [6.45, 7) is 2.28. The number of rotatable bonds is 6. The lowest BCUT2D eigenvalue weighted by Gasteiger charge is -2.32. The Bertz CT molecular complexity index is 1240. The highest BCUT2D eigenvalue weighted by Gasteiger charge is 2.45. The number of hydrogen-bond donors (Lipinski definition) is 0. The summed E-state index contributed by atoms with van der Waals surface area (Å²) in [4.78, 5) is 45.5. The van der Waals surface area contributed by atoms with Gasteiger partial charge in [0, 0.05) is 19.5 Å². The summed E-state index contributed by atoms with van der Waals surface area (Å²) in [5, 5.41) is 0. The fourth-order valence-corrected chi connectivity index (χ4v) is 5.50. The summed E-state index contributed by atoms with van der Waals surface area (Å²) in [7, 11) is 0. The molecule has 6 heteroatoms.